The molecule has 5 rings (SSSR count). The van der Waals surface area contributed by atoms with Gasteiger partial charge in [-0.25, -0.2) is 4.98 Å². The Kier molecular flexibility index (Phi) is 5.75. The minimum absolute atomic E-state index is 0.475. The van der Waals surface area contributed by atoms with E-state index in [2.05, 4.69) is 52.4 Å². The average molecular weight is 421 g/mol. The van der Waals surface area contributed by atoms with Gasteiger partial charge in [0.15, 0.2) is 0 Å². The second-order valence-electron chi connectivity index (χ2n) is 8.75. The molecule has 0 unspecified atom stereocenters. The zero-order valence-corrected chi connectivity index (χ0v) is 18.2. The van der Waals surface area contributed by atoms with Gasteiger partial charge in [0, 0.05) is 12.5 Å². The molecule has 32 heavy (non-hydrogen) atoms. The largest absolute Gasteiger partial charge is 0.342 e. The summed E-state index contributed by atoms with van der Waals surface area (Å²) < 4.78 is 0. The quantitative estimate of drug-likeness (QED) is 0.439. The summed E-state index contributed by atoms with van der Waals surface area (Å²) in [7, 11) is 0. The lowest BCUT2D eigenvalue weighted by atomic mass is 9.73. The third-order valence-corrected chi connectivity index (χ3v) is 6.91. The number of benzene rings is 3. The van der Waals surface area contributed by atoms with Crippen molar-refractivity contribution in [3.63, 3.8) is 0 Å². The zero-order valence-electron chi connectivity index (χ0n) is 18.2. The van der Waals surface area contributed by atoms with Gasteiger partial charge in [0.2, 0.25) is 0 Å². The summed E-state index contributed by atoms with van der Waals surface area (Å²) in [5.41, 5.74) is 3.69. The van der Waals surface area contributed by atoms with E-state index in [4.69, 9.17) is 4.98 Å². The molecule has 1 N–H and O–H groups in total. The fourth-order valence-corrected chi connectivity index (χ4v) is 5.01. The topological polar surface area (TPSA) is 55.7 Å². The molecule has 2 heterocycles. The number of hydrogen-bond acceptors (Lipinski definition) is 3. The van der Waals surface area contributed by atoms with Gasteiger partial charge in [-0.2, -0.15) is 5.26 Å². The van der Waals surface area contributed by atoms with Crippen molar-refractivity contribution in [1.29, 1.82) is 5.26 Å². The molecule has 1 aliphatic heterocycles. The summed E-state index contributed by atoms with van der Waals surface area (Å²) >= 11 is 0. The lowest BCUT2D eigenvalue weighted by Gasteiger charge is -2.34. The molecule has 0 bridgehead atoms. The molecular weight excluding hydrogens is 392 g/mol. The number of imidazole rings is 1. The van der Waals surface area contributed by atoms with Crippen LogP contribution in [0.2, 0.25) is 0 Å². The molecule has 3 aromatic carbocycles. The highest BCUT2D eigenvalue weighted by Gasteiger charge is 2.35. The minimum atomic E-state index is -0.627. The molecule has 1 aromatic heterocycles. The van der Waals surface area contributed by atoms with Crippen LogP contribution in [-0.2, 0) is 5.41 Å². The summed E-state index contributed by atoms with van der Waals surface area (Å²) in [5.74, 6) is 1.59. The lowest BCUT2D eigenvalue weighted by molar-refractivity contribution is 0.200. The lowest BCUT2D eigenvalue weighted by Crippen LogP contribution is -2.38. The number of fused-ring (bicyclic) bond motifs is 1. The number of nitriles is 1. The average Bonchev–Trinajstić information content (AvgIpc) is 3.31. The van der Waals surface area contributed by atoms with Crippen molar-refractivity contribution >= 4 is 11.0 Å². The number of rotatable bonds is 6. The summed E-state index contributed by atoms with van der Waals surface area (Å²) in [6.45, 7) is 2.98. The van der Waals surface area contributed by atoms with Crippen LogP contribution < -0.4 is 0 Å². The monoisotopic (exact) mass is 420 g/mol. The molecule has 0 amide bonds. The highest BCUT2D eigenvalue weighted by Crippen LogP contribution is 2.36. The highest BCUT2D eigenvalue weighted by molar-refractivity contribution is 5.74. The van der Waals surface area contributed by atoms with Gasteiger partial charge in [-0.15, -0.1) is 0 Å². The van der Waals surface area contributed by atoms with Crippen molar-refractivity contribution in [3.05, 3.63) is 102 Å². The predicted octanol–water partition coefficient (Wildman–Crippen LogP) is 5.64. The van der Waals surface area contributed by atoms with Crippen LogP contribution in [0.1, 0.15) is 42.1 Å². The zero-order chi connectivity index (χ0) is 21.8. The summed E-state index contributed by atoms with van der Waals surface area (Å²) in [5, 5.41) is 10.4. The van der Waals surface area contributed by atoms with E-state index in [1.807, 2.05) is 48.5 Å². The number of H-pyrrole nitrogens is 1. The number of para-hydroxylation sites is 2. The minimum Gasteiger partial charge on any atom is -0.342 e. The normalized spacial score (nSPS) is 15.6. The smallest absolute Gasteiger partial charge is 0.110 e. The van der Waals surface area contributed by atoms with Crippen LogP contribution in [-0.4, -0.2) is 34.5 Å². The van der Waals surface area contributed by atoms with Gasteiger partial charge in [0.05, 0.1) is 17.1 Å². The summed E-state index contributed by atoms with van der Waals surface area (Å²) in [4.78, 5) is 10.8. The molecule has 0 radical (unpaired) electrons. The molecule has 4 aromatic rings. The Bertz CT molecular complexity index is 1130. The van der Waals surface area contributed by atoms with Gasteiger partial charge in [-0.3, -0.25) is 0 Å². The van der Waals surface area contributed by atoms with Crippen LogP contribution in [0.25, 0.3) is 11.0 Å². The number of aromatic amines is 1. The van der Waals surface area contributed by atoms with E-state index in [1.54, 1.807) is 0 Å². The molecule has 0 saturated carbocycles. The maximum atomic E-state index is 10.4. The van der Waals surface area contributed by atoms with Crippen LogP contribution in [0.3, 0.4) is 0 Å². The molecule has 160 valence electrons. The van der Waals surface area contributed by atoms with Gasteiger partial charge >= 0.3 is 0 Å². The van der Waals surface area contributed by atoms with E-state index in [0.29, 0.717) is 5.92 Å². The first-order chi connectivity index (χ1) is 15.8. The fourth-order valence-electron chi connectivity index (χ4n) is 5.01. The number of piperidine rings is 1. The standard InChI is InChI=1S/C28H28N4/c29-21-28(23-9-3-1-4-10-23,24-11-5-2-6-12-24)17-20-32-18-15-22(16-19-32)27-30-25-13-7-8-14-26(25)31-27/h1-14,22H,15-20H2,(H,30,31). The molecule has 0 atom stereocenters. The molecule has 1 fully saturated rings. The van der Waals surface area contributed by atoms with Gasteiger partial charge in [0.1, 0.15) is 11.2 Å². The Labute approximate surface area is 189 Å². The third-order valence-electron chi connectivity index (χ3n) is 6.91. The molecule has 4 heteroatoms. The van der Waals surface area contributed by atoms with Crippen molar-refractivity contribution in [1.82, 2.24) is 14.9 Å². The van der Waals surface area contributed by atoms with E-state index in [9.17, 15) is 5.26 Å². The maximum absolute atomic E-state index is 10.4. The summed E-state index contributed by atoms with van der Waals surface area (Å²) in [6, 6.07) is 31.4. The Balaban J connectivity index is 1.29. The van der Waals surface area contributed by atoms with Crippen LogP contribution in [0, 0.1) is 11.3 Å². The molecule has 0 aliphatic carbocycles. The van der Waals surface area contributed by atoms with Crippen LogP contribution in [0.15, 0.2) is 84.9 Å². The van der Waals surface area contributed by atoms with Crippen molar-refractivity contribution in [3.8, 4) is 6.07 Å². The first-order valence-corrected chi connectivity index (χ1v) is 11.5. The number of likely N-dealkylation sites (tertiary alicyclic amines) is 1. The van der Waals surface area contributed by atoms with Gasteiger partial charge in [0.25, 0.3) is 0 Å². The third kappa shape index (κ3) is 3.92. The Morgan fingerprint density at radius 2 is 1.47 bits per heavy atom. The van der Waals surface area contributed by atoms with Gasteiger partial charge < -0.3 is 9.88 Å². The maximum Gasteiger partial charge on any atom is 0.110 e. The fraction of sp³-hybridized carbons (Fsp3) is 0.286. The van der Waals surface area contributed by atoms with Crippen molar-refractivity contribution < 1.29 is 0 Å². The first-order valence-electron chi connectivity index (χ1n) is 11.5. The van der Waals surface area contributed by atoms with Crippen LogP contribution >= 0.6 is 0 Å². The van der Waals surface area contributed by atoms with Gasteiger partial charge in [-0.05, 0) is 55.6 Å². The molecular formula is C28H28N4. The van der Waals surface area contributed by atoms with E-state index in [1.165, 1.54) is 0 Å². The highest BCUT2D eigenvalue weighted by atomic mass is 15.1. The van der Waals surface area contributed by atoms with E-state index < -0.39 is 5.41 Å². The van der Waals surface area contributed by atoms with E-state index in [0.717, 1.165) is 66.9 Å². The van der Waals surface area contributed by atoms with Crippen molar-refractivity contribution in [2.75, 3.05) is 19.6 Å². The van der Waals surface area contributed by atoms with Crippen molar-refractivity contribution in [2.45, 2.75) is 30.6 Å². The Hall–Kier alpha value is -3.42. The number of nitrogens with zero attached hydrogens (tertiary/aromatic N) is 3. The number of nitrogens with one attached hydrogen (secondary N) is 1. The van der Waals surface area contributed by atoms with E-state index in [-0.39, 0.29) is 0 Å². The van der Waals surface area contributed by atoms with Crippen LogP contribution in [0.5, 0.6) is 0 Å². The Morgan fingerprint density at radius 3 is 2.06 bits per heavy atom. The molecule has 0 spiro atoms. The second kappa shape index (κ2) is 8.98. The molecule has 1 saturated heterocycles. The predicted molar refractivity (Wildman–Crippen MR) is 128 cm³/mol. The first kappa shape index (κ1) is 20.5. The molecule has 4 nitrogen and oxygen atoms in total. The van der Waals surface area contributed by atoms with Crippen LogP contribution in [0.4, 0.5) is 0 Å². The summed E-state index contributed by atoms with van der Waals surface area (Å²) in [6.07, 6.45) is 2.97. The second-order valence-corrected chi connectivity index (χ2v) is 8.75. The number of hydrogen-bond donors (Lipinski definition) is 1. The molecule has 1 aliphatic rings. The van der Waals surface area contributed by atoms with E-state index >= 15 is 0 Å². The van der Waals surface area contributed by atoms with Crippen molar-refractivity contribution in [2.24, 2.45) is 0 Å². The van der Waals surface area contributed by atoms with Gasteiger partial charge in [-0.1, -0.05) is 72.8 Å². The SMILES string of the molecule is N#CC(CCN1CCC(c2nc3ccccc3[nH]2)CC1)(c1ccccc1)c1ccccc1. The number of aromatic nitrogens is 2. The Morgan fingerprint density at radius 1 is 0.875 bits per heavy atom.